The number of carbonyl (C=O) groups excluding carboxylic acids is 1. The van der Waals surface area contributed by atoms with E-state index in [1.165, 1.54) is 16.7 Å². The number of benzene rings is 2. The summed E-state index contributed by atoms with van der Waals surface area (Å²) in [6.07, 6.45) is 9.08. The van der Waals surface area contributed by atoms with Crippen LogP contribution in [0.25, 0.3) is 0 Å². The van der Waals surface area contributed by atoms with Gasteiger partial charge in [0.15, 0.2) is 11.5 Å². The lowest BCUT2D eigenvalue weighted by atomic mass is 9.71. The molecule has 44 heavy (non-hydrogen) atoms. The number of phenols is 1. The highest BCUT2D eigenvalue weighted by atomic mass is 16.5. The van der Waals surface area contributed by atoms with E-state index < -0.39 is 18.4 Å². The molecule has 1 unspecified atom stereocenters. The molecule has 0 amide bonds. The summed E-state index contributed by atoms with van der Waals surface area (Å²) in [5.74, 6) is 0.368. The van der Waals surface area contributed by atoms with E-state index in [2.05, 4.69) is 18.3 Å². The number of fused-ring (bicyclic) bond motifs is 1. The van der Waals surface area contributed by atoms with Crippen molar-refractivity contribution in [2.75, 3.05) is 13.3 Å². The second-order valence-corrected chi connectivity index (χ2v) is 12.6. The summed E-state index contributed by atoms with van der Waals surface area (Å²) in [6.45, 7) is 3.04. The van der Waals surface area contributed by atoms with Crippen molar-refractivity contribution in [2.24, 2.45) is 16.5 Å². The number of aliphatic hydroxyl groups excluding tert-OH is 2. The zero-order valence-corrected chi connectivity index (χ0v) is 25.7. The van der Waals surface area contributed by atoms with E-state index in [1.54, 1.807) is 18.2 Å². The van der Waals surface area contributed by atoms with E-state index in [-0.39, 0.29) is 36.2 Å². The Morgan fingerprint density at radius 2 is 1.91 bits per heavy atom. The Bertz CT molecular complexity index is 1430. The summed E-state index contributed by atoms with van der Waals surface area (Å²) >= 11 is 0. The molecule has 0 spiro atoms. The van der Waals surface area contributed by atoms with Crippen molar-refractivity contribution in [2.45, 2.75) is 94.9 Å². The number of aliphatic imine (C=N–C) groups is 1. The molecule has 0 radical (unpaired) electrons. The highest BCUT2D eigenvalue weighted by Gasteiger charge is 2.44. The number of Topliss-reactive ketones (excluding diaryl/α,β-unsaturated/α-hetero) is 1. The van der Waals surface area contributed by atoms with E-state index in [1.807, 2.05) is 25.3 Å². The first-order valence-electron chi connectivity index (χ1n) is 16.0. The smallest absolute Gasteiger partial charge is 0.227 e. The number of aliphatic hydroxyl groups is 2. The van der Waals surface area contributed by atoms with Gasteiger partial charge >= 0.3 is 0 Å². The van der Waals surface area contributed by atoms with Crippen molar-refractivity contribution in [3.63, 3.8) is 0 Å². The zero-order chi connectivity index (χ0) is 31.3. The number of phenolic OH excluding ortho intramolecular Hbond substituents is 1. The second-order valence-electron chi connectivity index (χ2n) is 12.6. The summed E-state index contributed by atoms with van der Waals surface area (Å²) in [5.41, 5.74) is 18.5. The number of carbonyl (C=O) groups is 1. The van der Waals surface area contributed by atoms with Gasteiger partial charge in [-0.25, -0.2) is 0 Å². The predicted molar refractivity (Wildman–Crippen MR) is 170 cm³/mol. The number of aromatic hydroxyl groups is 1. The first-order chi connectivity index (χ1) is 21.2. The van der Waals surface area contributed by atoms with Crippen LogP contribution < -0.4 is 21.1 Å². The van der Waals surface area contributed by atoms with Crippen molar-refractivity contribution in [3.8, 4) is 11.5 Å². The number of ketones is 1. The summed E-state index contributed by atoms with van der Waals surface area (Å²) in [4.78, 5) is 18.3. The monoisotopic (exact) mass is 603 g/mol. The third-order valence-electron chi connectivity index (χ3n) is 9.27. The molecule has 2 heterocycles. The maximum Gasteiger partial charge on any atom is 0.227 e. The molecule has 2 aliphatic heterocycles. The van der Waals surface area contributed by atoms with Crippen molar-refractivity contribution < 1.29 is 29.8 Å². The lowest BCUT2D eigenvalue weighted by Gasteiger charge is -2.32. The first-order valence-corrected chi connectivity index (χ1v) is 16.0. The summed E-state index contributed by atoms with van der Waals surface area (Å²) < 4.78 is 6.09. The number of quaternary nitrogens is 1. The van der Waals surface area contributed by atoms with Crippen molar-refractivity contribution in [1.29, 1.82) is 0 Å². The van der Waals surface area contributed by atoms with Crippen LogP contribution in [-0.4, -0.2) is 52.8 Å². The van der Waals surface area contributed by atoms with Crippen LogP contribution in [-0.2, 0) is 16.6 Å². The number of rotatable bonds is 15. The molecular weight excluding hydrogens is 556 g/mol. The number of ether oxygens (including phenoxy) is 1. The maximum atomic E-state index is 12.4. The number of nitrogens with zero attached hydrogens (tertiary/aromatic N) is 1. The molecular formula is C35H47N4O5+. The Balaban J connectivity index is 1.20. The molecule has 9 nitrogen and oxygen atoms in total. The molecule has 2 aromatic rings. The third-order valence-corrected chi connectivity index (χ3v) is 9.27. The standard InChI is InChI=1S/C35H46N4O5/c1-2-6-26(40)17-28(42)18-27(41)11-9-23-10-12-32(43)33(15-23)44-22-39-20-29-30(19-38-31(29)21-39)35(13-3-4-14-35)25-8-5-7-24(16-25)34(36)37/h5,7-8,10,12,15-16,19,21,26,28,34,40,42-43H,2-4,6,9,11,13-14,17-18,20,22,36-37H2,1H3/p+1/t26-,28+/m0/s1. The van der Waals surface area contributed by atoms with Gasteiger partial charge in [0.2, 0.25) is 6.73 Å². The van der Waals surface area contributed by atoms with Crippen molar-refractivity contribution >= 4 is 12.0 Å². The fraction of sp³-hybridized carbons (Fsp3) is 0.486. The lowest BCUT2D eigenvalue weighted by Crippen LogP contribution is -3.07. The SMILES string of the molecule is CCC[C@H](O)C[C@@H](O)CC(=O)CCc1ccc(O)c(OC[NH+]2C=C3N=CC(C4(c5cccc(C(N)N)c5)CCCC4)=C3C2)c1. The van der Waals surface area contributed by atoms with Crippen LogP contribution in [0.15, 0.2) is 70.5 Å². The van der Waals surface area contributed by atoms with E-state index in [9.17, 15) is 20.1 Å². The number of allylic oxidation sites excluding steroid dienone is 1. The van der Waals surface area contributed by atoms with Gasteiger partial charge in [0.25, 0.3) is 0 Å². The van der Waals surface area contributed by atoms with Crippen LogP contribution in [0.4, 0.5) is 0 Å². The molecule has 3 atom stereocenters. The lowest BCUT2D eigenvalue weighted by molar-refractivity contribution is -0.855. The van der Waals surface area contributed by atoms with Crippen LogP contribution in [0.1, 0.15) is 87.6 Å². The Labute approximate surface area is 259 Å². The van der Waals surface area contributed by atoms with Gasteiger partial charge in [-0.1, -0.05) is 56.5 Å². The molecule has 0 bridgehead atoms. The Morgan fingerprint density at radius 3 is 2.66 bits per heavy atom. The fourth-order valence-electron chi connectivity index (χ4n) is 6.95. The number of nitrogens with one attached hydrogen (secondary N) is 1. The van der Waals surface area contributed by atoms with Crippen LogP contribution in [0.3, 0.4) is 0 Å². The quantitative estimate of drug-likeness (QED) is 0.171. The van der Waals surface area contributed by atoms with Gasteiger partial charge in [-0.05, 0) is 66.5 Å². The molecule has 3 aliphatic rings. The molecule has 2 aromatic carbocycles. The van der Waals surface area contributed by atoms with E-state index in [0.29, 0.717) is 25.3 Å². The Hall–Kier alpha value is -3.34. The van der Waals surface area contributed by atoms with Crippen LogP contribution in [0.5, 0.6) is 11.5 Å². The average molecular weight is 604 g/mol. The summed E-state index contributed by atoms with van der Waals surface area (Å²) in [6, 6.07) is 13.5. The summed E-state index contributed by atoms with van der Waals surface area (Å²) in [7, 11) is 0. The third kappa shape index (κ3) is 7.30. The normalized spacial score (nSPS) is 20.2. The zero-order valence-electron chi connectivity index (χ0n) is 25.7. The number of hydrogen-bond donors (Lipinski definition) is 6. The molecule has 8 N–H and O–H groups in total. The fourth-order valence-corrected chi connectivity index (χ4v) is 6.95. The molecule has 0 saturated heterocycles. The van der Waals surface area contributed by atoms with Crippen LogP contribution in [0, 0.1) is 0 Å². The highest BCUT2D eigenvalue weighted by Crippen LogP contribution is 2.49. The van der Waals surface area contributed by atoms with Gasteiger partial charge in [-0.3, -0.25) is 14.7 Å². The second kappa shape index (κ2) is 14.2. The molecule has 236 valence electrons. The largest absolute Gasteiger partial charge is 0.504 e. The minimum Gasteiger partial charge on any atom is -0.504 e. The number of hydrogen-bond acceptors (Lipinski definition) is 8. The average Bonchev–Trinajstić information content (AvgIpc) is 3.73. The number of aryl methyl sites for hydroxylation is 1. The van der Waals surface area contributed by atoms with Crippen LogP contribution in [0.2, 0.25) is 0 Å². The van der Waals surface area contributed by atoms with Crippen molar-refractivity contribution in [1.82, 2.24) is 0 Å². The van der Waals surface area contributed by atoms with Gasteiger partial charge in [-0.15, -0.1) is 0 Å². The molecule has 1 aliphatic carbocycles. The molecule has 0 aromatic heterocycles. The Morgan fingerprint density at radius 1 is 1.11 bits per heavy atom. The minimum absolute atomic E-state index is 0.0306. The molecule has 1 saturated carbocycles. The van der Waals surface area contributed by atoms with Crippen LogP contribution >= 0.6 is 0 Å². The first kappa shape index (κ1) is 32.1. The molecule has 9 heteroatoms. The topological polar surface area (TPSA) is 156 Å². The van der Waals surface area contributed by atoms with Gasteiger partial charge in [0, 0.05) is 30.0 Å². The van der Waals surface area contributed by atoms with E-state index >= 15 is 0 Å². The number of nitrogens with two attached hydrogens (primary N) is 2. The maximum absolute atomic E-state index is 12.4. The van der Waals surface area contributed by atoms with Gasteiger partial charge in [-0.2, -0.15) is 0 Å². The molecule has 5 rings (SSSR count). The Kier molecular flexibility index (Phi) is 10.3. The summed E-state index contributed by atoms with van der Waals surface area (Å²) in [5, 5.41) is 30.5. The van der Waals surface area contributed by atoms with Gasteiger partial charge in [0.05, 0.1) is 18.4 Å². The van der Waals surface area contributed by atoms with Gasteiger partial charge in [0.1, 0.15) is 24.2 Å². The predicted octanol–water partition coefficient (Wildman–Crippen LogP) is 3.08. The minimum atomic E-state index is -0.835. The highest BCUT2D eigenvalue weighted by molar-refractivity contribution is 5.90. The van der Waals surface area contributed by atoms with E-state index in [4.69, 9.17) is 21.2 Å². The van der Waals surface area contributed by atoms with Crippen molar-refractivity contribution in [3.05, 3.63) is 82.2 Å². The van der Waals surface area contributed by atoms with E-state index in [0.717, 1.165) is 60.4 Å². The molecule has 1 fully saturated rings. The van der Waals surface area contributed by atoms with Gasteiger partial charge < -0.3 is 31.5 Å².